The minimum atomic E-state index is -1.05. The van der Waals surface area contributed by atoms with Crippen molar-refractivity contribution in [3.8, 4) is 23.0 Å². The van der Waals surface area contributed by atoms with Gasteiger partial charge in [0.05, 0.1) is 20.8 Å². The molecule has 8 heteroatoms. The van der Waals surface area contributed by atoms with Gasteiger partial charge in [0.15, 0.2) is 6.61 Å². The normalized spacial score (nSPS) is 10.7. The summed E-state index contributed by atoms with van der Waals surface area (Å²) in [6.45, 7) is -0.0386. The lowest BCUT2D eigenvalue weighted by Gasteiger charge is -2.20. The van der Waals surface area contributed by atoms with Crippen LogP contribution in [-0.4, -0.2) is 43.5 Å². The second kappa shape index (κ2) is 13.2. The molecule has 0 bridgehead atoms. The minimum Gasteiger partial charge on any atom is -0.497 e. The Balaban J connectivity index is 1.49. The van der Waals surface area contributed by atoms with Crippen molar-refractivity contribution in [3.63, 3.8) is 0 Å². The predicted molar refractivity (Wildman–Crippen MR) is 147 cm³/mol. The highest BCUT2D eigenvalue weighted by Gasteiger charge is 2.19. The van der Waals surface area contributed by atoms with E-state index in [0.29, 0.717) is 36.5 Å². The maximum Gasteiger partial charge on any atom is 0.341 e. The van der Waals surface area contributed by atoms with Crippen LogP contribution in [0.5, 0.6) is 23.0 Å². The van der Waals surface area contributed by atoms with Gasteiger partial charge in [-0.25, -0.2) is 4.79 Å². The molecule has 3 aromatic carbocycles. The number of aliphatic carboxylic acids is 1. The van der Waals surface area contributed by atoms with Gasteiger partial charge in [0, 0.05) is 23.7 Å². The van der Waals surface area contributed by atoms with E-state index in [-0.39, 0.29) is 11.5 Å². The smallest absolute Gasteiger partial charge is 0.341 e. The zero-order chi connectivity index (χ0) is 27.6. The Bertz CT molecular complexity index is 1380. The summed E-state index contributed by atoms with van der Waals surface area (Å²) in [5, 5.41) is 8.78. The average molecular weight is 530 g/mol. The lowest BCUT2D eigenvalue weighted by Crippen LogP contribution is -2.16. The summed E-state index contributed by atoms with van der Waals surface area (Å²) in [5.41, 5.74) is 3.62. The number of carboxylic acids is 1. The summed E-state index contributed by atoms with van der Waals surface area (Å²) in [5.74, 6) is 1.38. The Morgan fingerprint density at radius 3 is 1.95 bits per heavy atom. The van der Waals surface area contributed by atoms with E-state index in [1.165, 1.54) is 0 Å². The maximum atomic E-state index is 12.7. The second-order valence-electron chi connectivity index (χ2n) is 8.88. The third kappa shape index (κ3) is 7.41. The monoisotopic (exact) mass is 529 g/mol. The number of carbonyl (C=O) groups is 1. The largest absolute Gasteiger partial charge is 0.497 e. The number of aromatic nitrogens is 1. The summed E-state index contributed by atoms with van der Waals surface area (Å²) in [4.78, 5) is 26.3. The molecule has 0 unspecified atom stereocenters. The Morgan fingerprint density at radius 1 is 0.795 bits per heavy atom. The molecule has 0 amide bonds. The number of aromatic amines is 1. The van der Waals surface area contributed by atoms with E-state index < -0.39 is 12.6 Å². The lowest BCUT2D eigenvalue weighted by atomic mass is 9.85. The number of methoxy groups -OCH3 is 2. The number of nitrogens with one attached hydrogen (secondary N) is 1. The molecule has 1 heterocycles. The van der Waals surface area contributed by atoms with E-state index in [9.17, 15) is 9.59 Å². The van der Waals surface area contributed by atoms with Crippen molar-refractivity contribution < 1.29 is 28.8 Å². The highest BCUT2D eigenvalue weighted by Crippen LogP contribution is 2.33. The fourth-order valence-corrected chi connectivity index (χ4v) is 4.32. The van der Waals surface area contributed by atoms with E-state index in [4.69, 9.17) is 24.1 Å². The van der Waals surface area contributed by atoms with Crippen LogP contribution in [0.1, 0.15) is 34.6 Å². The van der Waals surface area contributed by atoms with Crippen LogP contribution in [0.3, 0.4) is 0 Å². The van der Waals surface area contributed by atoms with Crippen LogP contribution >= 0.6 is 0 Å². The molecule has 0 spiro atoms. The molecule has 4 rings (SSSR count). The van der Waals surface area contributed by atoms with Crippen molar-refractivity contribution in [1.82, 2.24) is 4.98 Å². The van der Waals surface area contributed by atoms with Crippen molar-refractivity contribution in [2.45, 2.75) is 18.8 Å². The minimum absolute atomic E-state index is 0.109. The van der Waals surface area contributed by atoms with Crippen LogP contribution in [0.4, 0.5) is 0 Å². The van der Waals surface area contributed by atoms with Crippen molar-refractivity contribution in [3.05, 3.63) is 118 Å². The Labute approximate surface area is 226 Å². The first kappa shape index (κ1) is 27.3. The summed E-state index contributed by atoms with van der Waals surface area (Å²) in [6.07, 6.45) is 2.91. The fraction of sp³-hybridized carbons (Fsp3) is 0.226. The van der Waals surface area contributed by atoms with Gasteiger partial charge in [-0.3, -0.25) is 4.79 Å². The number of aryl methyl sites for hydroxylation is 1. The molecule has 0 saturated carbocycles. The zero-order valence-electron chi connectivity index (χ0n) is 21.9. The van der Waals surface area contributed by atoms with Gasteiger partial charge in [-0.2, -0.15) is 0 Å². The third-order valence-corrected chi connectivity index (χ3v) is 6.26. The molecule has 39 heavy (non-hydrogen) atoms. The topological polar surface area (TPSA) is 107 Å². The summed E-state index contributed by atoms with van der Waals surface area (Å²) in [7, 11) is 3.27. The number of H-pyrrole nitrogens is 1. The lowest BCUT2D eigenvalue weighted by molar-refractivity contribution is -0.139. The summed E-state index contributed by atoms with van der Waals surface area (Å²) in [6, 6.07) is 24.6. The van der Waals surface area contributed by atoms with Crippen LogP contribution < -0.4 is 24.5 Å². The second-order valence-corrected chi connectivity index (χ2v) is 8.88. The van der Waals surface area contributed by atoms with Gasteiger partial charge < -0.3 is 29.0 Å². The van der Waals surface area contributed by atoms with Crippen molar-refractivity contribution >= 4 is 5.97 Å². The molecule has 0 aliphatic rings. The van der Waals surface area contributed by atoms with Gasteiger partial charge in [0.1, 0.15) is 23.0 Å². The highest BCUT2D eigenvalue weighted by molar-refractivity contribution is 5.68. The van der Waals surface area contributed by atoms with E-state index >= 15 is 0 Å². The molecule has 0 saturated heterocycles. The van der Waals surface area contributed by atoms with Crippen LogP contribution in [0, 0.1) is 0 Å². The third-order valence-electron chi connectivity index (χ3n) is 6.26. The summed E-state index contributed by atoms with van der Waals surface area (Å²) >= 11 is 0. The molecular weight excluding hydrogens is 498 g/mol. The Kier molecular flexibility index (Phi) is 9.24. The predicted octanol–water partition coefficient (Wildman–Crippen LogP) is 5.05. The molecule has 8 nitrogen and oxygen atoms in total. The molecule has 1 aromatic heterocycles. The standard InChI is InChI=1S/C31H31NO7/c1-36-25-12-8-21(9-13-25)30(22-10-14-26(37-2)15-11-22)24-17-23(31(35)32-19-24)5-4-16-38-27-6-3-7-28(18-27)39-20-29(33)34/h3,6-15,17-19,30H,4-5,16,20H2,1-2H3,(H,32,35)(H,33,34). The Morgan fingerprint density at radius 2 is 1.38 bits per heavy atom. The average Bonchev–Trinajstić information content (AvgIpc) is 2.96. The number of rotatable bonds is 13. The SMILES string of the molecule is COc1ccc(C(c2ccc(OC)cc2)c2c[nH]c(=O)c(CCCOc3cccc(OCC(=O)O)c3)c2)cc1. The van der Waals surface area contributed by atoms with Crippen LogP contribution in [0.15, 0.2) is 89.9 Å². The first-order valence-corrected chi connectivity index (χ1v) is 12.5. The number of hydrogen-bond acceptors (Lipinski definition) is 6. The first-order valence-electron chi connectivity index (χ1n) is 12.5. The fourth-order valence-electron chi connectivity index (χ4n) is 4.32. The number of ether oxygens (including phenoxy) is 4. The van der Waals surface area contributed by atoms with Gasteiger partial charge in [-0.1, -0.05) is 30.3 Å². The molecule has 0 aliphatic carbocycles. The Hall–Kier alpha value is -4.72. The molecule has 2 N–H and O–H groups in total. The van der Waals surface area contributed by atoms with E-state index in [2.05, 4.69) is 4.98 Å². The number of pyridine rings is 1. The zero-order valence-corrected chi connectivity index (χ0v) is 21.9. The van der Waals surface area contributed by atoms with E-state index in [1.54, 1.807) is 44.7 Å². The molecule has 0 radical (unpaired) electrons. The molecule has 202 valence electrons. The molecule has 0 fully saturated rings. The number of benzene rings is 3. The number of carboxylic acid groups (broad SMARTS) is 1. The van der Waals surface area contributed by atoms with Gasteiger partial charge in [-0.15, -0.1) is 0 Å². The van der Waals surface area contributed by atoms with Crippen molar-refractivity contribution in [2.24, 2.45) is 0 Å². The van der Waals surface area contributed by atoms with E-state index in [1.807, 2.05) is 54.6 Å². The van der Waals surface area contributed by atoms with Crippen LogP contribution in [0.2, 0.25) is 0 Å². The van der Waals surface area contributed by atoms with E-state index in [0.717, 1.165) is 28.2 Å². The van der Waals surface area contributed by atoms with Gasteiger partial charge >= 0.3 is 5.97 Å². The van der Waals surface area contributed by atoms with Crippen LogP contribution in [-0.2, 0) is 11.2 Å². The highest BCUT2D eigenvalue weighted by atomic mass is 16.5. The van der Waals surface area contributed by atoms with Gasteiger partial charge in [0.25, 0.3) is 5.56 Å². The quantitative estimate of drug-likeness (QED) is 0.234. The van der Waals surface area contributed by atoms with Crippen molar-refractivity contribution in [1.29, 1.82) is 0 Å². The molecule has 0 atom stereocenters. The van der Waals surface area contributed by atoms with Crippen molar-refractivity contribution in [2.75, 3.05) is 27.4 Å². The molecule has 0 aliphatic heterocycles. The van der Waals surface area contributed by atoms with Crippen LogP contribution in [0.25, 0.3) is 0 Å². The maximum absolute atomic E-state index is 12.7. The van der Waals surface area contributed by atoms with Gasteiger partial charge in [0.2, 0.25) is 0 Å². The number of hydrogen-bond donors (Lipinski definition) is 2. The molecular formula is C31H31NO7. The van der Waals surface area contributed by atoms with Gasteiger partial charge in [-0.05, 0) is 72.0 Å². The summed E-state index contributed by atoms with van der Waals surface area (Å²) < 4.78 is 21.7. The molecule has 4 aromatic rings. The first-order chi connectivity index (χ1) is 19.0.